The van der Waals surface area contributed by atoms with Crippen molar-refractivity contribution in [3.8, 4) is 11.5 Å². The number of benzene rings is 1. The summed E-state index contributed by atoms with van der Waals surface area (Å²) >= 11 is 0. The van der Waals surface area contributed by atoms with Crippen molar-refractivity contribution in [1.82, 2.24) is 5.32 Å². The van der Waals surface area contributed by atoms with Gasteiger partial charge in [0.05, 0.1) is 26.2 Å². The lowest BCUT2D eigenvalue weighted by Gasteiger charge is -2.23. The molecule has 130 valence electrons. The molecule has 0 heterocycles. The number of nitrogens with zero attached hydrogens (tertiary/aromatic N) is 1. The minimum atomic E-state index is -3.62. The number of hydrogen-bond donors (Lipinski definition) is 1. The number of carbonyl (C=O) groups is 1. The highest BCUT2D eigenvalue weighted by Gasteiger charge is 2.22. The van der Waals surface area contributed by atoms with Gasteiger partial charge in [-0.05, 0) is 18.1 Å². The smallest absolute Gasteiger partial charge is 0.240 e. The van der Waals surface area contributed by atoms with Crippen LogP contribution in [0.2, 0.25) is 0 Å². The topological polar surface area (TPSA) is 84.9 Å². The Bertz CT molecular complexity index is 643. The fraction of sp³-hybridized carbons (Fsp3) is 0.533. The lowest BCUT2D eigenvalue weighted by molar-refractivity contribution is -0.119. The summed E-state index contributed by atoms with van der Waals surface area (Å²) in [4.78, 5) is 12.0. The second kappa shape index (κ2) is 8.05. The molecule has 0 aliphatic heterocycles. The molecule has 0 unspecified atom stereocenters. The fourth-order valence-corrected chi connectivity index (χ4v) is 2.73. The van der Waals surface area contributed by atoms with E-state index in [1.165, 1.54) is 20.3 Å². The summed E-state index contributed by atoms with van der Waals surface area (Å²) in [7, 11) is -0.669. The van der Waals surface area contributed by atoms with Crippen LogP contribution in [0.4, 0.5) is 5.69 Å². The number of methoxy groups -OCH3 is 2. The number of hydrogen-bond acceptors (Lipinski definition) is 5. The first-order valence-corrected chi connectivity index (χ1v) is 9.00. The predicted octanol–water partition coefficient (Wildman–Crippen LogP) is 1.24. The molecule has 0 aliphatic rings. The number of sulfonamides is 1. The van der Waals surface area contributed by atoms with Gasteiger partial charge in [0.1, 0.15) is 6.54 Å². The summed E-state index contributed by atoms with van der Waals surface area (Å²) in [5, 5.41) is 2.70. The van der Waals surface area contributed by atoms with E-state index < -0.39 is 10.0 Å². The zero-order valence-electron chi connectivity index (χ0n) is 14.1. The van der Waals surface area contributed by atoms with Crippen LogP contribution in [0.15, 0.2) is 18.2 Å². The van der Waals surface area contributed by atoms with Crippen molar-refractivity contribution in [3.63, 3.8) is 0 Å². The molecule has 8 heteroatoms. The van der Waals surface area contributed by atoms with Crippen LogP contribution in [0.3, 0.4) is 0 Å². The summed E-state index contributed by atoms with van der Waals surface area (Å²) < 4.78 is 35.4. The van der Waals surface area contributed by atoms with Crippen molar-refractivity contribution in [3.05, 3.63) is 18.2 Å². The van der Waals surface area contributed by atoms with E-state index in [1.54, 1.807) is 12.1 Å². The second-order valence-corrected chi connectivity index (χ2v) is 7.41. The molecule has 0 fully saturated rings. The Morgan fingerprint density at radius 1 is 1.22 bits per heavy atom. The highest BCUT2D eigenvalue weighted by Crippen LogP contribution is 2.32. The molecule has 1 N–H and O–H groups in total. The average Bonchev–Trinajstić information content (AvgIpc) is 2.48. The van der Waals surface area contributed by atoms with Crippen LogP contribution in [0.25, 0.3) is 0 Å². The van der Waals surface area contributed by atoms with Crippen LogP contribution in [-0.4, -0.2) is 47.9 Å². The van der Waals surface area contributed by atoms with Gasteiger partial charge in [0.2, 0.25) is 15.9 Å². The molecule has 23 heavy (non-hydrogen) atoms. The lowest BCUT2D eigenvalue weighted by atomic mass is 10.2. The Kier molecular flexibility index (Phi) is 6.68. The molecule has 0 bridgehead atoms. The number of anilines is 1. The van der Waals surface area contributed by atoms with Gasteiger partial charge in [0.25, 0.3) is 0 Å². The van der Waals surface area contributed by atoms with Crippen molar-refractivity contribution in [2.75, 3.05) is 37.9 Å². The van der Waals surface area contributed by atoms with Crippen LogP contribution >= 0.6 is 0 Å². The fourth-order valence-electron chi connectivity index (χ4n) is 1.88. The van der Waals surface area contributed by atoms with E-state index in [0.717, 1.165) is 10.6 Å². The van der Waals surface area contributed by atoms with Crippen LogP contribution in [0.5, 0.6) is 11.5 Å². The third kappa shape index (κ3) is 5.63. The molecule has 1 amide bonds. The van der Waals surface area contributed by atoms with Gasteiger partial charge in [0.15, 0.2) is 11.5 Å². The summed E-state index contributed by atoms with van der Waals surface area (Å²) in [6, 6.07) is 4.69. The zero-order chi connectivity index (χ0) is 17.6. The van der Waals surface area contributed by atoms with Gasteiger partial charge in [-0.15, -0.1) is 0 Å². The Labute approximate surface area is 137 Å². The molecule has 7 nitrogen and oxygen atoms in total. The monoisotopic (exact) mass is 344 g/mol. The zero-order valence-corrected chi connectivity index (χ0v) is 14.9. The van der Waals surface area contributed by atoms with Gasteiger partial charge < -0.3 is 14.8 Å². The van der Waals surface area contributed by atoms with Gasteiger partial charge in [-0.25, -0.2) is 8.42 Å². The van der Waals surface area contributed by atoms with Crippen molar-refractivity contribution in [1.29, 1.82) is 0 Å². The summed E-state index contributed by atoms with van der Waals surface area (Å²) in [5.41, 5.74) is 0.338. The van der Waals surface area contributed by atoms with E-state index in [9.17, 15) is 13.2 Å². The Morgan fingerprint density at radius 2 is 1.83 bits per heavy atom. The molecule has 0 aromatic heterocycles. The Morgan fingerprint density at radius 3 is 2.30 bits per heavy atom. The van der Waals surface area contributed by atoms with Gasteiger partial charge in [-0.1, -0.05) is 13.8 Å². The first-order valence-electron chi connectivity index (χ1n) is 7.15. The molecule has 0 saturated heterocycles. The summed E-state index contributed by atoms with van der Waals surface area (Å²) in [6.07, 6.45) is 1.05. The maximum atomic E-state index is 12.0. The van der Waals surface area contributed by atoms with Crippen molar-refractivity contribution < 1.29 is 22.7 Å². The number of amides is 1. The first-order chi connectivity index (χ1) is 10.7. The number of carbonyl (C=O) groups excluding carboxylic acids is 1. The third-order valence-electron chi connectivity index (χ3n) is 3.05. The van der Waals surface area contributed by atoms with E-state index in [1.807, 2.05) is 13.8 Å². The number of rotatable bonds is 8. The van der Waals surface area contributed by atoms with Gasteiger partial charge in [-0.2, -0.15) is 0 Å². The van der Waals surface area contributed by atoms with Crippen LogP contribution in [-0.2, 0) is 14.8 Å². The van der Waals surface area contributed by atoms with Crippen molar-refractivity contribution in [2.45, 2.75) is 13.8 Å². The number of ether oxygens (including phenoxy) is 2. The third-order valence-corrected chi connectivity index (χ3v) is 4.19. The quantitative estimate of drug-likeness (QED) is 0.767. The predicted molar refractivity (Wildman–Crippen MR) is 89.6 cm³/mol. The van der Waals surface area contributed by atoms with E-state index in [0.29, 0.717) is 23.7 Å². The largest absolute Gasteiger partial charge is 0.493 e. The number of nitrogens with one attached hydrogen (secondary N) is 1. The molecular weight excluding hydrogens is 320 g/mol. The molecule has 0 saturated carbocycles. The Hall–Kier alpha value is -1.96. The summed E-state index contributed by atoms with van der Waals surface area (Å²) in [5.74, 6) is 0.792. The Balaban J connectivity index is 3.06. The SMILES string of the molecule is COc1ccc(N(CC(=O)NCC(C)C)S(C)(=O)=O)cc1OC. The first kappa shape index (κ1) is 19.1. The molecule has 1 aromatic carbocycles. The van der Waals surface area contributed by atoms with E-state index in [2.05, 4.69) is 5.32 Å². The molecule has 0 atom stereocenters. The van der Waals surface area contributed by atoms with E-state index in [-0.39, 0.29) is 18.4 Å². The molecule has 0 aliphatic carbocycles. The van der Waals surface area contributed by atoms with Gasteiger partial charge >= 0.3 is 0 Å². The van der Waals surface area contributed by atoms with Gasteiger partial charge in [-0.3, -0.25) is 9.10 Å². The van der Waals surface area contributed by atoms with E-state index >= 15 is 0 Å². The average molecular weight is 344 g/mol. The molecule has 1 rings (SSSR count). The minimum Gasteiger partial charge on any atom is -0.493 e. The van der Waals surface area contributed by atoms with Crippen molar-refractivity contribution >= 4 is 21.6 Å². The molecule has 0 radical (unpaired) electrons. The highest BCUT2D eigenvalue weighted by atomic mass is 32.2. The molecule has 1 aromatic rings. The van der Waals surface area contributed by atoms with Crippen LogP contribution < -0.4 is 19.1 Å². The maximum absolute atomic E-state index is 12.0. The van der Waals surface area contributed by atoms with Crippen LogP contribution in [0, 0.1) is 5.92 Å². The standard InChI is InChI=1S/C15H24N2O5S/c1-11(2)9-16-15(18)10-17(23(5,19)20)12-6-7-13(21-3)14(8-12)22-4/h6-8,11H,9-10H2,1-5H3,(H,16,18). The molecular formula is C15H24N2O5S. The van der Waals surface area contributed by atoms with Gasteiger partial charge in [0, 0.05) is 12.6 Å². The highest BCUT2D eigenvalue weighted by molar-refractivity contribution is 7.92. The normalized spacial score (nSPS) is 11.2. The second-order valence-electron chi connectivity index (χ2n) is 5.51. The minimum absolute atomic E-state index is 0.284. The maximum Gasteiger partial charge on any atom is 0.240 e. The summed E-state index contributed by atoms with van der Waals surface area (Å²) in [6.45, 7) is 4.12. The molecule has 0 spiro atoms. The van der Waals surface area contributed by atoms with Crippen molar-refractivity contribution in [2.24, 2.45) is 5.92 Å². The van der Waals surface area contributed by atoms with E-state index in [4.69, 9.17) is 9.47 Å². The lowest BCUT2D eigenvalue weighted by Crippen LogP contribution is -2.41. The van der Waals surface area contributed by atoms with Crippen LogP contribution in [0.1, 0.15) is 13.8 Å².